The quantitative estimate of drug-likeness (QED) is 0.833. The summed E-state index contributed by atoms with van der Waals surface area (Å²) in [6.45, 7) is 1.75. The van der Waals surface area contributed by atoms with Crippen molar-refractivity contribution in [1.82, 2.24) is 0 Å². The molecule has 1 aromatic rings. The zero-order valence-corrected chi connectivity index (χ0v) is 9.08. The molecule has 0 aliphatic heterocycles. The van der Waals surface area contributed by atoms with Gasteiger partial charge in [-0.25, -0.2) is 4.39 Å². The normalized spacial score (nSPS) is 12.6. The smallest absolute Gasteiger partial charge is 0.170 e. The topological polar surface area (TPSA) is 38.7 Å². The minimum Gasteiger partial charge on any atom is -0.493 e. The van der Waals surface area contributed by atoms with E-state index in [9.17, 15) is 9.50 Å². The summed E-state index contributed by atoms with van der Waals surface area (Å²) < 4.78 is 23.5. The summed E-state index contributed by atoms with van der Waals surface area (Å²) in [5.41, 5.74) is 0.855. The van der Waals surface area contributed by atoms with Crippen LogP contribution in [0.2, 0.25) is 0 Å². The van der Waals surface area contributed by atoms with Gasteiger partial charge in [0.2, 0.25) is 0 Å². The van der Waals surface area contributed by atoms with Crippen LogP contribution in [0.5, 0.6) is 5.75 Å². The lowest BCUT2D eigenvalue weighted by molar-refractivity contribution is 0.178. The Morgan fingerprint density at radius 3 is 2.53 bits per heavy atom. The molecule has 0 aromatic heterocycles. The Labute approximate surface area is 88.4 Å². The lowest BCUT2D eigenvalue weighted by Crippen LogP contribution is -2.03. The van der Waals surface area contributed by atoms with Gasteiger partial charge in [0.25, 0.3) is 0 Å². The van der Waals surface area contributed by atoms with E-state index in [0.717, 1.165) is 0 Å². The molecule has 0 aliphatic carbocycles. The average Bonchev–Trinajstić information content (AvgIpc) is 2.20. The molecule has 0 saturated carbocycles. The second-order valence-electron chi connectivity index (χ2n) is 3.27. The largest absolute Gasteiger partial charge is 0.493 e. The summed E-state index contributed by atoms with van der Waals surface area (Å²) in [4.78, 5) is 0. The number of benzene rings is 1. The van der Waals surface area contributed by atoms with Crippen LogP contribution in [0.1, 0.15) is 24.2 Å². The van der Waals surface area contributed by atoms with Gasteiger partial charge in [0.1, 0.15) is 0 Å². The van der Waals surface area contributed by atoms with E-state index in [1.807, 2.05) is 0 Å². The van der Waals surface area contributed by atoms with Gasteiger partial charge in [0, 0.05) is 18.2 Å². The van der Waals surface area contributed by atoms with Gasteiger partial charge in [-0.2, -0.15) is 0 Å². The first kappa shape index (κ1) is 11.9. The van der Waals surface area contributed by atoms with Crippen molar-refractivity contribution in [2.24, 2.45) is 0 Å². The second kappa shape index (κ2) is 5.09. The zero-order chi connectivity index (χ0) is 11.4. The summed E-state index contributed by atoms with van der Waals surface area (Å²) in [7, 11) is 2.87. The van der Waals surface area contributed by atoms with E-state index in [1.54, 1.807) is 19.1 Å². The van der Waals surface area contributed by atoms with Crippen molar-refractivity contribution in [2.75, 3.05) is 14.2 Å². The van der Waals surface area contributed by atoms with Crippen LogP contribution in [0.3, 0.4) is 0 Å². The van der Waals surface area contributed by atoms with E-state index < -0.39 is 11.9 Å². The van der Waals surface area contributed by atoms with Gasteiger partial charge < -0.3 is 14.6 Å². The fourth-order valence-corrected chi connectivity index (χ4v) is 1.42. The monoisotopic (exact) mass is 214 g/mol. The molecule has 0 spiro atoms. The molecule has 1 aromatic carbocycles. The fraction of sp³-hybridized carbons (Fsp3) is 0.455. The Morgan fingerprint density at radius 1 is 1.40 bits per heavy atom. The Bertz CT molecular complexity index is 337. The first-order valence-corrected chi connectivity index (χ1v) is 4.64. The van der Waals surface area contributed by atoms with Gasteiger partial charge in [0.05, 0.1) is 19.8 Å². The fourth-order valence-electron chi connectivity index (χ4n) is 1.42. The van der Waals surface area contributed by atoms with Gasteiger partial charge in [-0.05, 0) is 6.92 Å². The van der Waals surface area contributed by atoms with E-state index in [4.69, 9.17) is 9.47 Å². The number of hydrogen-bond donors (Lipinski definition) is 1. The summed E-state index contributed by atoms with van der Waals surface area (Å²) >= 11 is 0. The predicted molar refractivity (Wildman–Crippen MR) is 54.3 cm³/mol. The highest BCUT2D eigenvalue weighted by Gasteiger charge is 2.16. The molecule has 3 nitrogen and oxygen atoms in total. The number of methoxy groups -OCH3 is 2. The average molecular weight is 214 g/mol. The minimum atomic E-state index is -0.758. The van der Waals surface area contributed by atoms with Crippen LogP contribution < -0.4 is 4.74 Å². The third kappa shape index (κ3) is 2.46. The van der Waals surface area contributed by atoms with Crippen molar-refractivity contribution >= 4 is 0 Å². The minimum absolute atomic E-state index is 0.0829. The van der Waals surface area contributed by atoms with Crippen LogP contribution in [0.15, 0.2) is 12.1 Å². The van der Waals surface area contributed by atoms with E-state index in [2.05, 4.69) is 0 Å². The molecule has 15 heavy (non-hydrogen) atoms. The Hall–Kier alpha value is -1.13. The maximum absolute atomic E-state index is 13.8. The highest BCUT2D eigenvalue weighted by molar-refractivity contribution is 5.40. The van der Waals surface area contributed by atoms with Crippen molar-refractivity contribution in [3.8, 4) is 5.75 Å². The van der Waals surface area contributed by atoms with Crippen molar-refractivity contribution in [3.63, 3.8) is 0 Å². The van der Waals surface area contributed by atoms with Crippen LogP contribution in [0.25, 0.3) is 0 Å². The van der Waals surface area contributed by atoms with Crippen LogP contribution in [0.4, 0.5) is 4.39 Å². The molecule has 1 unspecified atom stereocenters. The summed E-state index contributed by atoms with van der Waals surface area (Å²) in [5, 5.41) is 9.40. The number of aliphatic hydroxyl groups excluding tert-OH is 1. The van der Waals surface area contributed by atoms with Gasteiger partial charge in [0.15, 0.2) is 11.6 Å². The van der Waals surface area contributed by atoms with E-state index in [0.29, 0.717) is 11.1 Å². The van der Waals surface area contributed by atoms with Gasteiger partial charge in [-0.3, -0.25) is 0 Å². The number of hydrogen-bond acceptors (Lipinski definition) is 3. The Balaban J connectivity index is 3.20. The second-order valence-corrected chi connectivity index (χ2v) is 3.27. The molecule has 0 saturated heterocycles. The molecule has 1 N–H and O–H groups in total. The third-order valence-corrected chi connectivity index (χ3v) is 2.16. The standard InChI is InChI=1S/C11H15FO3/c1-7(13)9-5-4-8(6-14-2)10(12)11(9)15-3/h4-5,7,13H,6H2,1-3H3. The molecule has 1 atom stereocenters. The molecule has 0 heterocycles. The molecule has 0 amide bonds. The molecular weight excluding hydrogens is 199 g/mol. The highest BCUT2D eigenvalue weighted by atomic mass is 19.1. The van der Waals surface area contributed by atoms with Gasteiger partial charge >= 0.3 is 0 Å². The van der Waals surface area contributed by atoms with Crippen LogP contribution in [-0.2, 0) is 11.3 Å². The first-order valence-electron chi connectivity index (χ1n) is 4.64. The highest BCUT2D eigenvalue weighted by Crippen LogP contribution is 2.30. The molecule has 0 aliphatic rings. The van der Waals surface area contributed by atoms with Gasteiger partial charge in [-0.15, -0.1) is 0 Å². The van der Waals surface area contributed by atoms with Crippen LogP contribution >= 0.6 is 0 Å². The molecule has 4 heteroatoms. The number of rotatable bonds is 4. The van der Waals surface area contributed by atoms with Gasteiger partial charge in [-0.1, -0.05) is 12.1 Å². The van der Waals surface area contributed by atoms with Crippen molar-refractivity contribution in [1.29, 1.82) is 0 Å². The van der Waals surface area contributed by atoms with Crippen molar-refractivity contribution in [3.05, 3.63) is 29.1 Å². The van der Waals surface area contributed by atoms with Crippen molar-refractivity contribution in [2.45, 2.75) is 19.6 Å². The lowest BCUT2D eigenvalue weighted by Gasteiger charge is -2.14. The summed E-state index contributed by atoms with van der Waals surface area (Å²) in [5.74, 6) is -0.391. The maximum Gasteiger partial charge on any atom is 0.170 e. The SMILES string of the molecule is COCc1ccc(C(C)O)c(OC)c1F. The molecule has 84 valence electrons. The Morgan fingerprint density at radius 2 is 2.07 bits per heavy atom. The third-order valence-electron chi connectivity index (χ3n) is 2.16. The lowest BCUT2D eigenvalue weighted by atomic mass is 10.1. The first-order chi connectivity index (χ1) is 7.11. The molecule has 0 bridgehead atoms. The van der Waals surface area contributed by atoms with E-state index >= 15 is 0 Å². The maximum atomic E-state index is 13.8. The van der Waals surface area contributed by atoms with Crippen molar-refractivity contribution < 1.29 is 19.0 Å². The van der Waals surface area contributed by atoms with Crippen LogP contribution in [0, 0.1) is 5.82 Å². The number of aliphatic hydroxyl groups is 1. The summed E-state index contributed by atoms with van der Waals surface area (Å²) in [6.07, 6.45) is -0.758. The van der Waals surface area contributed by atoms with E-state index in [1.165, 1.54) is 14.2 Å². The molecule has 0 radical (unpaired) electrons. The molecular formula is C11H15FO3. The number of ether oxygens (including phenoxy) is 2. The molecule has 0 fully saturated rings. The predicted octanol–water partition coefficient (Wildman–Crippen LogP) is 2.03. The zero-order valence-electron chi connectivity index (χ0n) is 9.08. The van der Waals surface area contributed by atoms with Crippen LogP contribution in [-0.4, -0.2) is 19.3 Å². The van der Waals surface area contributed by atoms with E-state index in [-0.39, 0.29) is 12.4 Å². The Kier molecular flexibility index (Phi) is 4.05. The number of halogens is 1. The molecule has 1 rings (SSSR count). The summed E-state index contributed by atoms with van der Waals surface area (Å²) in [6, 6.07) is 3.23.